The van der Waals surface area contributed by atoms with E-state index in [0.29, 0.717) is 30.1 Å². The Kier molecular flexibility index (Phi) is 9.82. The fourth-order valence-electron chi connectivity index (χ4n) is 4.15. The molecule has 1 aromatic heterocycles. The number of hydrogen-bond donors (Lipinski definition) is 3. The Balaban J connectivity index is 1.85. The summed E-state index contributed by atoms with van der Waals surface area (Å²) in [6.45, 7) is 6.91. The number of carbonyl (C=O) groups is 3. The summed E-state index contributed by atoms with van der Waals surface area (Å²) < 4.78 is 26.9. The molecule has 3 rings (SSSR count). The molecule has 0 fully saturated rings. The number of rotatable bonds is 10. The number of urea groups is 1. The maximum Gasteiger partial charge on any atom is 0.321 e. The van der Waals surface area contributed by atoms with E-state index in [2.05, 4.69) is 27.8 Å². The molecule has 0 spiro atoms. The molecule has 37 heavy (non-hydrogen) atoms. The molecule has 2 heterocycles. The summed E-state index contributed by atoms with van der Waals surface area (Å²) >= 11 is 1.33. The van der Waals surface area contributed by atoms with Crippen LogP contribution >= 0.6 is 11.3 Å². The molecule has 10 nitrogen and oxygen atoms in total. The van der Waals surface area contributed by atoms with Gasteiger partial charge in [-0.1, -0.05) is 20.3 Å². The van der Waals surface area contributed by atoms with Crippen molar-refractivity contribution in [1.82, 2.24) is 19.8 Å². The fourth-order valence-corrected chi connectivity index (χ4v) is 6.65. The highest BCUT2D eigenvalue weighted by Gasteiger charge is 2.29. The van der Waals surface area contributed by atoms with Gasteiger partial charge in [-0.15, -0.1) is 11.3 Å². The average molecular weight is 550 g/mol. The van der Waals surface area contributed by atoms with Crippen LogP contribution in [0.1, 0.15) is 64.3 Å². The van der Waals surface area contributed by atoms with Crippen molar-refractivity contribution in [3.8, 4) is 0 Å². The van der Waals surface area contributed by atoms with E-state index < -0.39 is 27.9 Å². The highest BCUT2D eigenvalue weighted by molar-refractivity contribution is 7.89. The molecule has 12 heteroatoms. The van der Waals surface area contributed by atoms with Crippen LogP contribution in [0.25, 0.3) is 0 Å². The lowest BCUT2D eigenvalue weighted by atomic mass is 10.0. The summed E-state index contributed by atoms with van der Waals surface area (Å²) in [4.78, 5) is 41.3. The van der Waals surface area contributed by atoms with Gasteiger partial charge in [-0.25, -0.2) is 17.5 Å². The number of thiophene rings is 1. The summed E-state index contributed by atoms with van der Waals surface area (Å²) in [6.07, 6.45) is 3.28. The van der Waals surface area contributed by atoms with Crippen molar-refractivity contribution in [1.29, 1.82) is 0 Å². The number of sulfonamides is 1. The third kappa shape index (κ3) is 6.75. The van der Waals surface area contributed by atoms with Gasteiger partial charge in [-0.3, -0.25) is 19.8 Å². The van der Waals surface area contributed by atoms with Crippen LogP contribution in [0.15, 0.2) is 29.2 Å². The normalized spacial score (nSPS) is 13.8. The molecule has 2 aromatic rings. The molecule has 1 aliphatic heterocycles. The molecule has 0 unspecified atom stereocenters. The number of fused-ring (bicyclic) bond motifs is 1. The van der Waals surface area contributed by atoms with Crippen LogP contribution in [0, 0.1) is 0 Å². The van der Waals surface area contributed by atoms with E-state index in [1.54, 1.807) is 0 Å². The van der Waals surface area contributed by atoms with Crippen molar-refractivity contribution in [2.24, 2.45) is 0 Å². The summed E-state index contributed by atoms with van der Waals surface area (Å²) in [5.74, 6) is -1.05. The fraction of sp³-hybridized carbons (Fsp3) is 0.480. The van der Waals surface area contributed by atoms with Gasteiger partial charge in [0.05, 0.1) is 10.5 Å². The van der Waals surface area contributed by atoms with Crippen LogP contribution in [0.4, 0.5) is 9.80 Å². The predicted molar refractivity (Wildman–Crippen MR) is 145 cm³/mol. The monoisotopic (exact) mass is 549 g/mol. The first-order chi connectivity index (χ1) is 17.6. The first-order valence-electron chi connectivity index (χ1n) is 12.4. The molecule has 202 valence electrons. The predicted octanol–water partition coefficient (Wildman–Crippen LogP) is 3.26. The Morgan fingerprint density at radius 2 is 1.78 bits per heavy atom. The van der Waals surface area contributed by atoms with Gasteiger partial charge in [-0.05, 0) is 55.6 Å². The first-order valence-corrected chi connectivity index (χ1v) is 14.7. The van der Waals surface area contributed by atoms with E-state index in [0.717, 1.165) is 42.8 Å². The highest BCUT2D eigenvalue weighted by Crippen LogP contribution is 2.37. The minimum absolute atomic E-state index is 0.107. The van der Waals surface area contributed by atoms with Crippen LogP contribution in [-0.2, 0) is 23.0 Å². The molecular formula is C25H35N5O5S2. The average Bonchev–Trinajstić information content (AvgIpc) is 3.24. The topological polar surface area (TPSA) is 128 Å². The second-order valence-corrected chi connectivity index (χ2v) is 12.1. The third-order valence-corrected chi connectivity index (χ3v) is 9.24. The minimum atomic E-state index is -3.65. The summed E-state index contributed by atoms with van der Waals surface area (Å²) in [7, 11) is -0.691. The van der Waals surface area contributed by atoms with Gasteiger partial charge < -0.3 is 10.6 Å². The smallest absolute Gasteiger partial charge is 0.321 e. The Morgan fingerprint density at radius 1 is 1.08 bits per heavy atom. The molecule has 0 bridgehead atoms. The van der Waals surface area contributed by atoms with Crippen LogP contribution < -0.4 is 16.0 Å². The van der Waals surface area contributed by atoms with Crippen molar-refractivity contribution in [2.45, 2.75) is 51.0 Å². The molecule has 0 saturated carbocycles. The van der Waals surface area contributed by atoms with Gasteiger partial charge >= 0.3 is 6.03 Å². The van der Waals surface area contributed by atoms with E-state index in [1.807, 2.05) is 6.92 Å². The second-order valence-electron chi connectivity index (χ2n) is 8.93. The number of amides is 4. The lowest BCUT2D eigenvalue weighted by molar-refractivity contribution is 0.0964. The third-order valence-electron chi connectivity index (χ3n) is 6.24. The summed E-state index contributed by atoms with van der Waals surface area (Å²) in [5, 5.41) is 7.86. The number of hydrogen-bond acceptors (Lipinski definition) is 7. The standard InChI is InChI=1S/C25H35N5O5S2/c1-5-7-14-29(4)37(34,35)18-10-8-17(9-11-18)22(31)27-24-21(23(32)28-25(33)26-3)19-12-15-30(13-6-2)16-20(19)36-24/h8-11H,5-7,12-16H2,1-4H3,(H,27,31)(H2,26,28,32,33). The number of anilines is 1. The summed E-state index contributed by atoms with van der Waals surface area (Å²) in [5.41, 5.74) is 1.39. The molecule has 4 amide bonds. The van der Waals surface area contributed by atoms with Crippen molar-refractivity contribution >= 4 is 44.2 Å². The second kappa shape index (κ2) is 12.6. The van der Waals surface area contributed by atoms with Crippen LogP contribution in [0.5, 0.6) is 0 Å². The van der Waals surface area contributed by atoms with Crippen LogP contribution in [0.3, 0.4) is 0 Å². The lowest BCUT2D eigenvalue weighted by Gasteiger charge is -2.26. The van der Waals surface area contributed by atoms with Crippen molar-refractivity contribution in [3.05, 3.63) is 45.8 Å². The Labute approximate surface area is 222 Å². The molecular weight excluding hydrogens is 514 g/mol. The number of imide groups is 1. The SMILES string of the molecule is CCCCN(C)S(=O)(=O)c1ccc(C(=O)Nc2sc3c(c2C(=O)NC(=O)NC)CCN(CCC)C3)cc1. The van der Waals surface area contributed by atoms with Gasteiger partial charge in [0, 0.05) is 44.2 Å². The minimum Gasteiger partial charge on any atom is -0.341 e. The van der Waals surface area contributed by atoms with Crippen LogP contribution in [-0.4, -0.2) is 69.2 Å². The number of unbranched alkanes of at least 4 members (excludes halogenated alkanes) is 1. The van der Waals surface area contributed by atoms with Gasteiger partial charge in [0.1, 0.15) is 5.00 Å². The van der Waals surface area contributed by atoms with E-state index in [-0.39, 0.29) is 10.5 Å². The van der Waals surface area contributed by atoms with E-state index in [1.165, 1.54) is 54.0 Å². The van der Waals surface area contributed by atoms with Crippen LogP contribution in [0.2, 0.25) is 0 Å². The Bertz CT molecular complexity index is 1240. The Hall–Kier alpha value is -2.80. The largest absolute Gasteiger partial charge is 0.341 e. The van der Waals surface area contributed by atoms with E-state index >= 15 is 0 Å². The first kappa shape index (κ1) is 28.8. The molecule has 0 aliphatic carbocycles. The van der Waals surface area contributed by atoms with Crippen molar-refractivity contribution < 1.29 is 22.8 Å². The quantitative estimate of drug-likeness (QED) is 0.417. The van der Waals surface area contributed by atoms with Crippen molar-refractivity contribution in [2.75, 3.05) is 39.0 Å². The van der Waals surface area contributed by atoms with Gasteiger partial charge in [0.25, 0.3) is 11.8 Å². The highest BCUT2D eigenvalue weighted by atomic mass is 32.2. The number of nitrogens with one attached hydrogen (secondary N) is 3. The maximum atomic E-state index is 13.1. The number of carbonyl (C=O) groups excluding carboxylic acids is 3. The molecule has 1 aliphatic rings. The summed E-state index contributed by atoms with van der Waals surface area (Å²) in [6, 6.07) is 5.10. The van der Waals surface area contributed by atoms with Gasteiger partial charge in [-0.2, -0.15) is 0 Å². The van der Waals surface area contributed by atoms with Gasteiger partial charge in [0.2, 0.25) is 10.0 Å². The zero-order valence-corrected chi connectivity index (χ0v) is 23.4. The molecule has 0 atom stereocenters. The van der Waals surface area contributed by atoms with E-state index in [4.69, 9.17) is 0 Å². The number of benzene rings is 1. The van der Waals surface area contributed by atoms with Crippen molar-refractivity contribution in [3.63, 3.8) is 0 Å². The maximum absolute atomic E-state index is 13.1. The zero-order valence-electron chi connectivity index (χ0n) is 21.7. The van der Waals surface area contributed by atoms with Gasteiger partial charge in [0.15, 0.2) is 0 Å². The molecule has 1 aromatic carbocycles. The van der Waals surface area contributed by atoms with E-state index in [9.17, 15) is 22.8 Å². The molecule has 0 radical (unpaired) electrons. The zero-order chi connectivity index (χ0) is 27.2. The number of nitrogens with zero attached hydrogens (tertiary/aromatic N) is 2. The Morgan fingerprint density at radius 3 is 2.41 bits per heavy atom. The molecule has 0 saturated heterocycles. The molecule has 3 N–H and O–H groups in total. The lowest BCUT2D eigenvalue weighted by Crippen LogP contribution is -2.38.